The predicted octanol–water partition coefficient (Wildman–Crippen LogP) is 5.01. The number of nitrogens with zero attached hydrogens (tertiary/aromatic N) is 2. The summed E-state index contributed by atoms with van der Waals surface area (Å²) < 4.78 is 5.67. The number of nitrogens with one attached hydrogen (secondary N) is 1. The maximum Gasteiger partial charge on any atom is 0.277 e. The van der Waals surface area contributed by atoms with Gasteiger partial charge in [-0.15, -0.1) is 10.2 Å². The van der Waals surface area contributed by atoms with Gasteiger partial charge in [-0.25, -0.2) is 0 Å². The molecule has 6 heteroatoms. The smallest absolute Gasteiger partial charge is 0.277 e. The van der Waals surface area contributed by atoms with Gasteiger partial charge in [0.2, 0.25) is 11.8 Å². The summed E-state index contributed by atoms with van der Waals surface area (Å²) in [5.74, 6) is 0.329. The molecule has 4 rings (SSSR count). The fraction of sp³-hybridized carbons (Fsp3) is 0.0952. The largest absolute Gasteiger partial charge is 0.411 e. The Labute approximate surface area is 160 Å². The number of aromatic nitrogens is 2. The van der Waals surface area contributed by atoms with Crippen LogP contribution in [-0.2, 0) is 4.79 Å². The Morgan fingerprint density at radius 2 is 1.70 bits per heavy atom. The van der Waals surface area contributed by atoms with E-state index in [1.165, 1.54) is 11.8 Å². The Kier molecular flexibility index (Phi) is 4.89. The van der Waals surface area contributed by atoms with Crippen molar-refractivity contribution in [3.8, 4) is 11.5 Å². The highest BCUT2D eigenvalue weighted by Gasteiger charge is 2.19. The highest BCUT2D eigenvalue weighted by Crippen LogP contribution is 2.28. The zero-order valence-electron chi connectivity index (χ0n) is 14.6. The molecule has 0 aliphatic rings. The molecular formula is C21H17N3O2S. The highest BCUT2D eigenvalue weighted by atomic mass is 32.2. The molecular weight excluding hydrogens is 358 g/mol. The summed E-state index contributed by atoms with van der Waals surface area (Å²) in [5, 5.41) is 13.2. The van der Waals surface area contributed by atoms with Crippen molar-refractivity contribution in [2.75, 3.05) is 5.32 Å². The van der Waals surface area contributed by atoms with E-state index in [1.54, 1.807) is 0 Å². The number of thioether (sulfide) groups is 1. The number of carbonyl (C=O) groups excluding carboxylic acids is 1. The number of carbonyl (C=O) groups is 1. The molecule has 3 aromatic carbocycles. The molecule has 1 amide bonds. The standard InChI is InChI=1S/C21H17N3O2S/c1-14(27-21-24-23-20(26-21)16-9-3-2-4-10-16)19(25)22-18-13-7-11-15-8-5-6-12-17(15)18/h2-14H,1H3,(H,22,25)/t14-/m0/s1. The second kappa shape index (κ2) is 7.63. The number of amides is 1. The Morgan fingerprint density at radius 3 is 2.56 bits per heavy atom. The lowest BCUT2D eigenvalue weighted by molar-refractivity contribution is -0.115. The second-order valence-corrected chi connectivity index (χ2v) is 7.31. The van der Waals surface area contributed by atoms with Crippen LogP contribution < -0.4 is 5.32 Å². The molecule has 27 heavy (non-hydrogen) atoms. The number of benzene rings is 3. The van der Waals surface area contributed by atoms with Crippen molar-refractivity contribution in [1.82, 2.24) is 10.2 Å². The van der Waals surface area contributed by atoms with E-state index >= 15 is 0 Å². The van der Waals surface area contributed by atoms with Crippen molar-refractivity contribution >= 4 is 34.1 Å². The SMILES string of the molecule is C[C@H](Sc1nnc(-c2ccccc2)o1)C(=O)Nc1cccc2ccccc12. The molecule has 1 N–H and O–H groups in total. The van der Waals surface area contributed by atoms with Crippen LogP contribution in [0.5, 0.6) is 0 Å². The van der Waals surface area contributed by atoms with Gasteiger partial charge >= 0.3 is 0 Å². The van der Waals surface area contributed by atoms with Gasteiger partial charge < -0.3 is 9.73 Å². The van der Waals surface area contributed by atoms with Crippen LogP contribution in [0.3, 0.4) is 0 Å². The third kappa shape index (κ3) is 3.85. The van der Waals surface area contributed by atoms with E-state index in [-0.39, 0.29) is 11.2 Å². The minimum absolute atomic E-state index is 0.115. The molecule has 0 spiro atoms. The van der Waals surface area contributed by atoms with Gasteiger partial charge in [0.1, 0.15) is 0 Å². The third-order valence-corrected chi connectivity index (χ3v) is 5.06. The van der Waals surface area contributed by atoms with E-state index < -0.39 is 0 Å². The third-order valence-electron chi connectivity index (χ3n) is 4.12. The lowest BCUT2D eigenvalue weighted by Gasteiger charge is -2.12. The maximum atomic E-state index is 12.6. The molecule has 1 atom stereocenters. The van der Waals surface area contributed by atoms with Crippen LogP contribution in [0.2, 0.25) is 0 Å². The van der Waals surface area contributed by atoms with Crippen molar-refractivity contribution in [3.05, 3.63) is 72.8 Å². The summed E-state index contributed by atoms with van der Waals surface area (Å²) in [6, 6.07) is 23.3. The number of hydrogen-bond donors (Lipinski definition) is 1. The number of rotatable bonds is 5. The molecule has 134 valence electrons. The van der Waals surface area contributed by atoms with E-state index in [4.69, 9.17) is 4.42 Å². The highest BCUT2D eigenvalue weighted by molar-refractivity contribution is 8.00. The molecule has 1 aromatic heterocycles. The summed E-state index contributed by atoms with van der Waals surface area (Å²) in [6.07, 6.45) is 0. The zero-order chi connectivity index (χ0) is 18.6. The fourth-order valence-electron chi connectivity index (χ4n) is 2.73. The molecule has 0 aliphatic heterocycles. The van der Waals surface area contributed by atoms with Crippen molar-refractivity contribution in [3.63, 3.8) is 0 Å². The molecule has 0 saturated heterocycles. The number of fused-ring (bicyclic) bond motifs is 1. The van der Waals surface area contributed by atoms with Crippen molar-refractivity contribution in [2.45, 2.75) is 17.4 Å². The Morgan fingerprint density at radius 1 is 0.963 bits per heavy atom. The van der Waals surface area contributed by atoms with E-state index in [1.807, 2.05) is 79.7 Å². The van der Waals surface area contributed by atoms with E-state index in [9.17, 15) is 4.79 Å². The summed E-state index contributed by atoms with van der Waals surface area (Å²) in [4.78, 5) is 12.6. The van der Waals surface area contributed by atoms with Gasteiger partial charge in [-0.05, 0) is 30.5 Å². The quantitative estimate of drug-likeness (QED) is 0.497. The molecule has 0 aliphatic carbocycles. The Hall–Kier alpha value is -3.12. The van der Waals surface area contributed by atoms with Gasteiger partial charge in [0.05, 0.1) is 5.25 Å². The van der Waals surface area contributed by atoms with Gasteiger partial charge in [0.25, 0.3) is 5.22 Å². The minimum atomic E-state index is -0.381. The molecule has 0 saturated carbocycles. The molecule has 4 aromatic rings. The van der Waals surface area contributed by atoms with Crippen LogP contribution >= 0.6 is 11.8 Å². The number of hydrogen-bond acceptors (Lipinski definition) is 5. The molecule has 0 unspecified atom stereocenters. The monoisotopic (exact) mass is 375 g/mol. The first-order valence-corrected chi connectivity index (χ1v) is 9.43. The van der Waals surface area contributed by atoms with Crippen molar-refractivity contribution in [1.29, 1.82) is 0 Å². The fourth-order valence-corrected chi connectivity index (χ4v) is 3.41. The Bertz CT molecular complexity index is 1070. The minimum Gasteiger partial charge on any atom is -0.411 e. The summed E-state index contributed by atoms with van der Waals surface area (Å²) in [5.41, 5.74) is 1.64. The first kappa shape index (κ1) is 17.3. The van der Waals surface area contributed by atoms with Crippen LogP contribution in [0, 0.1) is 0 Å². The predicted molar refractivity (Wildman–Crippen MR) is 108 cm³/mol. The molecule has 5 nitrogen and oxygen atoms in total. The molecule has 0 bridgehead atoms. The van der Waals surface area contributed by atoms with Crippen LogP contribution in [0.4, 0.5) is 5.69 Å². The summed E-state index contributed by atoms with van der Waals surface area (Å²) in [6.45, 7) is 1.82. The molecule has 0 radical (unpaired) electrons. The van der Waals surface area contributed by atoms with E-state index in [0.717, 1.165) is 22.0 Å². The van der Waals surface area contributed by atoms with E-state index in [2.05, 4.69) is 15.5 Å². The van der Waals surface area contributed by atoms with Gasteiger partial charge in [-0.3, -0.25) is 4.79 Å². The Balaban J connectivity index is 1.46. The lowest BCUT2D eigenvalue weighted by atomic mass is 10.1. The van der Waals surface area contributed by atoms with Crippen LogP contribution in [0.15, 0.2) is 82.4 Å². The zero-order valence-corrected chi connectivity index (χ0v) is 15.4. The van der Waals surface area contributed by atoms with E-state index in [0.29, 0.717) is 11.1 Å². The van der Waals surface area contributed by atoms with Gasteiger partial charge in [-0.1, -0.05) is 66.4 Å². The topological polar surface area (TPSA) is 68.0 Å². The summed E-state index contributed by atoms with van der Waals surface area (Å²) >= 11 is 1.24. The first-order chi connectivity index (χ1) is 13.2. The average molecular weight is 375 g/mol. The first-order valence-electron chi connectivity index (χ1n) is 8.55. The maximum absolute atomic E-state index is 12.6. The number of anilines is 1. The average Bonchev–Trinajstić information content (AvgIpc) is 3.17. The van der Waals surface area contributed by atoms with Crippen LogP contribution in [0.25, 0.3) is 22.2 Å². The van der Waals surface area contributed by atoms with Crippen LogP contribution in [-0.4, -0.2) is 21.4 Å². The van der Waals surface area contributed by atoms with Gasteiger partial charge in [0.15, 0.2) is 0 Å². The normalized spacial score (nSPS) is 12.0. The van der Waals surface area contributed by atoms with Crippen molar-refractivity contribution in [2.24, 2.45) is 0 Å². The molecule has 1 heterocycles. The summed E-state index contributed by atoms with van der Waals surface area (Å²) in [7, 11) is 0. The molecule has 0 fully saturated rings. The van der Waals surface area contributed by atoms with Gasteiger partial charge in [-0.2, -0.15) is 0 Å². The van der Waals surface area contributed by atoms with Crippen LogP contribution in [0.1, 0.15) is 6.92 Å². The second-order valence-electron chi connectivity index (χ2n) is 6.02. The van der Waals surface area contributed by atoms with Gasteiger partial charge in [0, 0.05) is 16.6 Å². The lowest BCUT2D eigenvalue weighted by Crippen LogP contribution is -2.22. The van der Waals surface area contributed by atoms with Crippen molar-refractivity contribution < 1.29 is 9.21 Å².